The predicted octanol–water partition coefficient (Wildman–Crippen LogP) is 4.66. The molecule has 0 saturated heterocycles. The number of aryl methyl sites for hydroxylation is 1. The van der Waals surface area contributed by atoms with Crippen molar-refractivity contribution >= 4 is 5.91 Å². The highest BCUT2D eigenvalue weighted by atomic mass is 16.5. The van der Waals surface area contributed by atoms with Crippen molar-refractivity contribution in [3.8, 4) is 5.75 Å². The molecular formula is C20H25NO2. The number of amides is 1. The van der Waals surface area contributed by atoms with Crippen LogP contribution in [0, 0.1) is 6.92 Å². The average molecular weight is 311 g/mol. The molecule has 3 heteroatoms. The lowest BCUT2D eigenvalue weighted by Gasteiger charge is -2.19. The van der Waals surface area contributed by atoms with Gasteiger partial charge in [0.05, 0.1) is 17.7 Å². The summed E-state index contributed by atoms with van der Waals surface area (Å²) < 4.78 is 5.74. The van der Waals surface area contributed by atoms with Gasteiger partial charge in [-0.2, -0.15) is 0 Å². The van der Waals surface area contributed by atoms with Crippen LogP contribution >= 0.6 is 0 Å². The molecule has 0 heterocycles. The Bertz CT molecular complexity index is 647. The summed E-state index contributed by atoms with van der Waals surface area (Å²) in [6.45, 7) is 8.04. The molecular weight excluding hydrogens is 286 g/mol. The van der Waals surface area contributed by atoms with Crippen LogP contribution in [-0.2, 0) is 0 Å². The first kappa shape index (κ1) is 17.1. The van der Waals surface area contributed by atoms with Gasteiger partial charge >= 0.3 is 0 Å². The van der Waals surface area contributed by atoms with Crippen LogP contribution < -0.4 is 10.1 Å². The predicted molar refractivity (Wildman–Crippen MR) is 93.9 cm³/mol. The van der Waals surface area contributed by atoms with Gasteiger partial charge in [0.1, 0.15) is 5.75 Å². The van der Waals surface area contributed by atoms with Crippen LogP contribution in [0.4, 0.5) is 0 Å². The smallest absolute Gasteiger partial charge is 0.255 e. The van der Waals surface area contributed by atoms with E-state index in [1.54, 1.807) is 6.07 Å². The normalized spacial score (nSPS) is 12.0. The van der Waals surface area contributed by atoms with Crippen LogP contribution in [0.15, 0.2) is 48.5 Å². The third kappa shape index (κ3) is 4.59. The maximum atomic E-state index is 12.7. The second-order valence-electron chi connectivity index (χ2n) is 6.01. The molecule has 0 aromatic heterocycles. The fraction of sp³-hybridized carbons (Fsp3) is 0.350. The Morgan fingerprint density at radius 1 is 1.09 bits per heavy atom. The van der Waals surface area contributed by atoms with E-state index in [9.17, 15) is 4.79 Å². The molecule has 1 atom stereocenters. The lowest BCUT2D eigenvalue weighted by atomic mass is 10.0. The summed E-state index contributed by atoms with van der Waals surface area (Å²) in [4.78, 5) is 12.7. The fourth-order valence-corrected chi connectivity index (χ4v) is 2.47. The number of hydrogen-bond donors (Lipinski definition) is 1. The summed E-state index contributed by atoms with van der Waals surface area (Å²) in [6.07, 6.45) is 0.866. The molecule has 0 radical (unpaired) electrons. The van der Waals surface area contributed by atoms with Gasteiger partial charge in [0.15, 0.2) is 0 Å². The Hall–Kier alpha value is -2.29. The number of ether oxygens (including phenoxy) is 1. The SMILES string of the molecule is CC[C@H](NC(=O)c1ccccc1OC(C)C)c1ccc(C)cc1. The minimum atomic E-state index is -0.103. The zero-order valence-electron chi connectivity index (χ0n) is 14.3. The first-order chi connectivity index (χ1) is 11.0. The lowest BCUT2D eigenvalue weighted by molar-refractivity contribution is 0.0929. The van der Waals surface area contributed by atoms with Crippen LogP contribution in [0.5, 0.6) is 5.75 Å². The monoisotopic (exact) mass is 311 g/mol. The highest BCUT2D eigenvalue weighted by Gasteiger charge is 2.17. The first-order valence-electron chi connectivity index (χ1n) is 8.14. The number of carbonyl (C=O) groups is 1. The van der Waals surface area contributed by atoms with Crippen molar-refractivity contribution < 1.29 is 9.53 Å². The summed E-state index contributed by atoms with van der Waals surface area (Å²) in [5.41, 5.74) is 2.91. The molecule has 0 spiro atoms. The molecule has 3 nitrogen and oxygen atoms in total. The Morgan fingerprint density at radius 3 is 2.35 bits per heavy atom. The van der Waals surface area contributed by atoms with E-state index in [1.807, 2.05) is 32.0 Å². The van der Waals surface area contributed by atoms with Crippen molar-refractivity contribution in [1.29, 1.82) is 0 Å². The molecule has 1 N–H and O–H groups in total. The first-order valence-corrected chi connectivity index (χ1v) is 8.14. The molecule has 0 aliphatic rings. The molecule has 0 aliphatic carbocycles. The second kappa shape index (κ2) is 7.82. The zero-order valence-corrected chi connectivity index (χ0v) is 14.3. The van der Waals surface area contributed by atoms with Crippen LogP contribution in [0.25, 0.3) is 0 Å². The molecule has 0 saturated carbocycles. The number of rotatable bonds is 6. The van der Waals surface area contributed by atoms with Gasteiger partial charge in [-0.3, -0.25) is 4.79 Å². The Kier molecular flexibility index (Phi) is 5.80. The zero-order chi connectivity index (χ0) is 16.8. The van der Waals surface area contributed by atoms with E-state index in [0.717, 1.165) is 12.0 Å². The molecule has 2 aromatic rings. The van der Waals surface area contributed by atoms with Gasteiger partial charge in [0.2, 0.25) is 0 Å². The van der Waals surface area contributed by atoms with E-state index >= 15 is 0 Å². The number of para-hydroxylation sites is 1. The highest BCUT2D eigenvalue weighted by Crippen LogP contribution is 2.22. The summed E-state index contributed by atoms with van der Waals surface area (Å²) in [5, 5.41) is 3.11. The quantitative estimate of drug-likeness (QED) is 0.842. The fourth-order valence-electron chi connectivity index (χ4n) is 2.47. The van der Waals surface area contributed by atoms with Crippen molar-refractivity contribution in [3.63, 3.8) is 0 Å². The minimum Gasteiger partial charge on any atom is -0.490 e. The molecule has 122 valence electrons. The minimum absolute atomic E-state index is 0.00444. The highest BCUT2D eigenvalue weighted by molar-refractivity contribution is 5.97. The Morgan fingerprint density at radius 2 is 1.74 bits per heavy atom. The summed E-state index contributed by atoms with van der Waals surface area (Å²) in [6, 6.07) is 15.6. The number of nitrogens with one attached hydrogen (secondary N) is 1. The topological polar surface area (TPSA) is 38.3 Å². The van der Waals surface area contributed by atoms with Crippen LogP contribution in [0.1, 0.15) is 54.7 Å². The number of hydrogen-bond acceptors (Lipinski definition) is 2. The third-order valence-corrected chi connectivity index (χ3v) is 3.69. The van der Waals surface area contributed by atoms with Crippen LogP contribution in [-0.4, -0.2) is 12.0 Å². The van der Waals surface area contributed by atoms with E-state index in [-0.39, 0.29) is 18.1 Å². The molecule has 0 fully saturated rings. The number of carbonyl (C=O) groups excluding carboxylic acids is 1. The van der Waals surface area contributed by atoms with Crippen molar-refractivity contribution in [2.24, 2.45) is 0 Å². The summed E-state index contributed by atoms with van der Waals surface area (Å²) >= 11 is 0. The summed E-state index contributed by atoms with van der Waals surface area (Å²) in [5.74, 6) is 0.521. The molecule has 0 unspecified atom stereocenters. The lowest BCUT2D eigenvalue weighted by Crippen LogP contribution is -2.28. The molecule has 1 amide bonds. The van der Waals surface area contributed by atoms with Crippen LogP contribution in [0.2, 0.25) is 0 Å². The van der Waals surface area contributed by atoms with E-state index in [1.165, 1.54) is 5.56 Å². The van der Waals surface area contributed by atoms with Gasteiger partial charge in [-0.25, -0.2) is 0 Å². The van der Waals surface area contributed by atoms with Crippen LogP contribution in [0.3, 0.4) is 0 Å². The van der Waals surface area contributed by atoms with Gasteiger partial charge < -0.3 is 10.1 Å². The second-order valence-corrected chi connectivity index (χ2v) is 6.01. The summed E-state index contributed by atoms with van der Waals surface area (Å²) in [7, 11) is 0. The standard InChI is InChI=1S/C20H25NO2/c1-5-18(16-12-10-15(4)11-13-16)21-20(22)17-8-6-7-9-19(17)23-14(2)3/h6-14,18H,5H2,1-4H3,(H,21,22)/t18-/m0/s1. The maximum Gasteiger partial charge on any atom is 0.255 e. The van der Waals surface area contributed by atoms with Crippen molar-refractivity contribution in [2.75, 3.05) is 0 Å². The van der Waals surface area contributed by atoms with E-state index in [0.29, 0.717) is 11.3 Å². The van der Waals surface area contributed by atoms with E-state index in [4.69, 9.17) is 4.74 Å². The Balaban J connectivity index is 2.18. The molecule has 0 bridgehead atoms. The Labute approximate surface area is 138 Å². The van der Waals surface area contributed by atoms with E-state index in [2.05, 4.69) is 43.4 Å². The van der Waals surface area contributed by atoms with Gasteiger partial charge in [-0.05, 0) is 44.9 Å². The van der Waals surface area contributed by atoms with Crippen molar-refractivity contribution in [1.82, 2.24) is 5.32 Å². The van der Waals surface area contributed by atoms with E-state index < -0.39 is 0 Å². The largest absolute Gasteiger partial charge is 0.490 e. The molecule has 2 rings (SSSR count). The molecule has 2 aromatic carbocycles. The van der Waals surface area contributed by atoms with Crippen molar-refractivity contribution in [3.05, 3.63) is 65.2 Å². The van der Waals surface area contributed by atoms with Crippen molar-refractivity contribution in [2.45, 2.75) is 46.3 Å². The van der Waals surface area contributed by atoms with Gasteiger partial charge in [0, 0.05) is 0 Å². The number of benzene rings is 2. The third-order valence-electron chi connectivity index (χ3n) is 3.69. The molecule has 23 heavy (non-hydrogen) atoms. The van der Waals surface area contributed by atoms with Gasteiger partial charge in [0.25, 0.3) is 5.91 Å². The molecule has 0 aliphatic heterocycles. The average Bonchev–Trinajstić information content (AvgIpc) is 2.53. The van der Waals surface area contributed by atoms with Gasteiger partial charge in [-0.15, -0.1) is 0 Å². The maximum absolute atomic E-state index is 12.7. The van der Waals surface area contributed by atoms with Gasteiger partial charge in [-0.1, -0.05) is 48.9 Å².